The fourth-order valence-corrected chi connectivity index (χ4v) is 1.40. The number of aromatic nitrogens is 2. The molecule has 108 valence electrons. The molecule has 1 heterocycles. The zero-order valence-electron chi connectivity index (χ0n) is 12.4. The Labute approximate surface area is 114 Å². The fraction of sp³-hybridized carbons (Fsp3) is 0.692. The molecule has 0 bridgehead atoms. The van der Waals surface area contributed by atoms with Crippen LogP contribution in [0.2, 0.25) is 0 Å². The molecule has 6 heteroatoms. The maximum Gasteiger partial charge on any atom is 0.407 e. The van der Waals surface area contributed by atoms with Gasteiger partial charge >= 0.3 is 6.09 Å². The standard InChI is InChI=1S/C13H24N4O2/c1-10(2)17-9-11(8-16-17)14-6-7-15-12(18)19-13(3,4)5/h8-10,14H,6-7H2,1-5H3,(H,15,18). The third kappa shape index (κ3) is 6.13. The lowest BCUT2D eigenvalue weighted by Crippen LogP contribution is -2.34. The Kier molecular flexibility index (Phi) is 5.20. The lowest BCUT2D eigenvalue weighted by Gasteiger charge is -2.19. The number of rotatable bonds is 5. The molecule has 0 fully saturated rings. The van der Waals surface area contributed by atoms with Gasteiger partial charge in [0.05, 0.1) is 11.9 Å². The number of nitrogens with one attached hydrogen (secondary N) is 2. The summed E-state index contributed by atoms with van der Waals surface area (Å²) in [5.41, 5.74) is 0.482. The minimum Gasteiger partial charge on any atom is -0.444 e. The van der Waals surface area contributed by atoms with Crippen molar-refractivity contribution < 1.29 is 9.53 Å². The zero-order chi connectivity index (χ0) is 14.5. The van der Waals surface area contributed by atoms with E-state index in [-0.39, 0.29) is 0 Å². The predicted octanol–water partition coefficient (Wildman–Crippen LogP) is 2.40. The first-order valence-electron chi connectivity index (χ1n) is 6.53. The first kappa shape index (κ1) is 15.3. The van der Waals surface area contributed by atoms with Gasteiger partial charge in [-0.05, 0) is 34.6 Å². The summed E-state index contributed by atoms with van der Waals surface area (Å²) in [5.74, 6) is 0. The summed E-state index contributed by atoms with van der Waals surface area (Å²) >= 11 is 0. The van der Waals surface area contributed by atoms with E-state index in [1.807, 2.05) is 31.6 Å². The van der Waals surface area contributed by atoms with Crippen LogP contribution in [0.15, 0.2) is 12.4 Å². The minimum absolute atomic E-state index is 0.343. The molecule has 0 aliphatic rings. The molecule has 0 aromatic carbocycles. The molecule has 6 nitrogen and oxygen atoms in total. The third-order valence-corrected chi connectivity index (χ3v) is 2.25. The highest BCUT2D eigenvalue weighted by atomic mass is 16.6. The van der Waals surface area contributed by atoms with Gasteiger partial charge in [-0.2, -0.15) is 5.10 Å². The van der Waals surface area contributed by atoms with Crippen LogP contribution in [-0.4, -0.2) is 34.6 Å². The Morgan fingerprint density at radius 1 is 1.42 bits per heavy atom. The highest BCUT2D eigenvalue weighted by Crippen LogP contribution is 2.09. The molecular weight excluding hydrogens is 244 g/mol. The van der Waals surface area contributed by atoms with Gasteiger partial charge in [-0.1, -0.05) is 0 Å². The van der Waals surface area contributed by atoms with Crippen molar-refractivity contribution in [3.63, 3.8) is 0 Å². The first-order chi connectivity index (χ1) is 8.78. The monoisotopic (exact) mass is 268 g/mol. The Balaban J connectivity index is 2.22. The van der Waals surface area contributed by atoms with Crippen LogP contribution in [0.25, 0.3) is 0 Å². The van der Waals surface area contributed by atoms with Gasteiger partial charge < -0.3 is 15.4 Å². The summed E-state index contributed by atoms with van der Waals surface area (Å²) in [6.45, 7) is 10.8. The number of hydrogen-bond donors (Lipinski definition) is 2. The molecule has 1 aromatic heterocycles. The Hall–Kier alpha value is -1.72. The predicted molar refractivity (Wildman–Crippen MR) is 75.3 cm³/mol. The smallest absolute Gasteiger partial charge is 0.407 e. The second kappa shape index (κ2) is 6.45. The maximum atomic E-state index is 11.4. The SMILES string of the molecule is CC(C)n1cc(NCCNC(=O)OC(C)(C)C)cn1. The second-order valence-electron chi connectivity index (χ2n) is 5.66. The van der Waals surface area contributed by atoms with E-state index in [0.717, 1.165) is 5.69 Å². The van der Waals surface area contributed by atoms with Gasteiger partial charge in [-0.15, -0.1) is 0 Å². The molecular formula is C13H24N4O2. The summed E-state index contributed by atoms with van der Waals surface area (Å²) in [7, 11) is 0. The molecule has 0 saturated heterocycles. The van der Waals surface area contributed by atoms with E-state index < -0.39 is 11.7 Å². The minimum atomic E-state index is -0.462. The zero-order valence-corrected chi connectivity index (χ0v) is 12.4. The van der Waals surface area contributed by atoms with Gasteiger partial charge in [0.2, 0.25) is 0 Å². The van der Waals surface area contributed by atoms with Crippen molar-refractivity contribution in [1.82, 2.24) is 15.1 Å². The maximum absolute atomic E-state index is 11.4. The average Bonchev–Trinajstić information content (AvgIpc) is 2.70. The number of amides is 1. The fourth-order valence-electron chi connectivity index (χ4n) is 1.40. The van der Waals surface area contributed by atoms with Gasteiger partial charge in [-0.25, -0.2) is 4.79 Å². The van der Waals surface area contributed by atoms with Crippen molar-refractivity contribution >= 4 is 11.8 Å². The van der Waals surface area contributed by atoms with Crippen molar-refractivity contribution in [2.45, 2.75) is 46.3 Å². The molecule has 1 amide bonds. The summed E-state index contributed by atoms with van der Waals surface area (Å²) in [4.78, 5) is 11.4. The van der Waals surface area contributed by atoms with Crippen molar-refractivity contribution in [3.05, 3.63) is 12.4 Å². The second-order valence-corrected chi connectivity index (χ2v) is 5.66. The van der Waals surface area contributed by atoms with E-state index in [9.17, 15) is 4.79 Å². The van der Waals surface area contributed by atoms with E-state index in [1.54, 1.807) is 6.20 Å². The van der Waals surface area contributed by atoms with Gasteiger partial charge in [0, 0.05) is 25.3 Å². The number of hydrogen-bond acceptors (Lipinski definition) is 4. The van der Waals surface area contributed by atoms with E-state index in [4.69, 9.17) is 4.74 Å². The number of anilines is 1. The van der Waals surface area contributed by atoms with Crippen LogP contribution in [-0.2, 0) is 4.74 Å². The Morgan fingerprint density at radius 3 is 2.63 bits per heavy atom. The van der Waals surface area contributed by atoms with Gasteiger partial charge in [0.15, 0.2) is 0 Å². The number of alkyl carbamates (subject to hydrolysis) is 1. The van der Waals surface area contributed by atoms with Crippen LogP contribution in [0.3, 0.4) is 0 Å². The molecule has 0 spiro atoms. The summed E-state index contributed by atoms with van der Waals surface area (Å²) in [6.07, 6.45) is 3.32. The Bertz CT molecular complexity index is 407. The van der Waals surface area contributed by atoms with E-state index in [2.05, 4.69) is 29.6 Å². The summed E-state index contributed by atoms with van der Waals surface area (Å²) < 4.78 is 7.01. The molecule has 0 radical (unpaired) electrons. The number of carbonyl (C=O) groups excluding carboxylic acids is 1. The molecule has 0 atom stereocenters. The third-order valence-electron chi connectivity index (χ3n) is 2.25. The molecule has 19 heavy (non-hydrogen) atoms. The summed E-state index contributed by atoms with van der Waals surface area (Å²) in [6, 6.07) is 0.343. The number of ether oxygens (including phenoxy) is 1. The normalized spacial score (nSPS) is 11.5. The molecule has 0 aliphatic carbocycles. The van der Waals surface area contributed by atoms with Crippen LogP contribution < -0.4 is 10.6 Å². The first-order valence-corrected chi connectivity index (χ1v) is 6.53. The molecule has 0 unspecified atom stereocenters. The van der Waals surface area contributed by atoms with Gasteiger partial charge in [0.1, 0.15) is 5.60 Å². The van der Waals surface area contributed by atoms with Crippen LogP contribution in [0.5, 0.6) is 0 Å². The summed E-state index contributed by atoms with van der Waals surface area (Å²) in [5, 5.41) is 10.1. The van der Waals surface area contributed by atoms with E-state index in [0.29, 0.717) is 19.1 Å². The highest BCUT2D eigenvalue weighted by molar-refractivity contribution is 5.67. The van der Waals surface area contributed by atoms with Gasteiger partial charge in [0.25, 0.3) is 0 Å². The Morgan fingerprint density at radius 2 is 2.11 bits per heavy atom. The van der Waals surface area contributed by atoms with Crippen LogP contribution in [0, 0.1) is 0 Å². The molecule has 0 aliphatic heterocycles. The van der Waals surface area contributed by atoms with Gasteiger partial charge in [-0.3, -0.25) is 4.68 Å². The number of nitrogens with zero attached hydrogens (tertiary/aromatic N) is 2. The van der Waals surface area contributed by atoms with E-state index in [1.165, 1.54) is 0 Å². The topological polar surface area (TPSA) is 68.2 Å². The number of carbonyl (C=O) groups is 1. The lowest BCUT2D eigenvalue weighted by molar-refractivity contribution is 0.0530. The molecule has 0 saturated carbocycles. The van der Waals surface area contributed by atoms with Crippen molar-refractivity contribution in [2.75, 3.05) is 18.4 Å². The van der Waals surface area contributed by atoms with E-state index >= 15 is 0 Å². The van der Waals surface area contributed by atoms with Crippen molar-refractivity contribution in [1.29, 1.82) is 0 Å². The molecule has 2 N–H and O–H groups in total. The van der Waals surface area contributed by atoms with Crippen molar-refractivity contribution in [2.24, 2.45) is 0 Å². The lowest BCUT2D eigenvalue weighted by atomic mass is 10.2. The van der Waals surface area contributed by atoms with Crippen molar-refractivity contribution in [3.8, 4) is 0 Å². The molecule has 1 rings (SSSR count). The quantitative estimate of drug-likeness (QED) is 0.805. The van der Waals surface area contributed by atoms with Crippen LogP contribution >= 0.6 is 0 Å². The molecule has 1 aromatic rings. The largest absolute Gasteiger partial charge is 0.444 e. The average molecular weight is 268 g/mol. The van der Waals surface area contributed by atoms with Crippen LogP contribution in [0.1, 0.15) is 40.7 Å². The van der Waals surface area contributed by atoms with Crippen LogP contribution in [0.4, 0.5) is 10.5 Å². The highest BCUT2D eigenvalue weighted by Gasteiger charge is 2.15.